The molecule has 0 rings (SSSR count). The van der Waals surface area contributed by atoms with Gasteiger partial charge in [-0.2, -0.15) is 0 Å². The highest BCUT2D eigenvalue weighted by atomic mass is 33.1. The number of nitrogens with zero attached hydrogens (tertiary/aromatic N) is 1. The van der Waals surface area contributed by atoms with Gasteiger partial charge in [-0.25, -0.2) is 0 Å². The Labute approximate surface area is 835 Å². The molecular formula is C91H188N6O24S10. The van der Waals surface area contributed by atoms with Crippen molar-refractivity contribution in [3.8, 4) is 0 Å². The van der Waals surface area contributed by atoms with Gasteiger partial charge in [-0.3, -0.25) is 47.9 Å². The summed E-state index contributed by atoms with van der Waals surface area (Å²) in [7, 11) is 22.9. The Morgan fingerprint density at radius 2 is 0.489 bits per heavy atom. The van der Waals surface area contributed by atoms with Gasteiger partial charge in [0.25, 0.3) is 0 Å². The van der Waals surface area contributed by atoms with Crippen LogP contribution in [0.1, 0.15) is 227 Å². The number of Topliss-reactive ketones (excluding diaryl/α,β-unsaturated/α-hetero) is 8. The molecule has 7 N–H and O–H groups in total. The molecule has 786 valence electrons. The van der Waals surface area contributed by atoms with E-state index < -0.39 is 0 Å². The molecule has 0 saturated carbocycles. The first-order chi connectivity index (χ1) is 63.1. The van der Waals surface area contributed by atoms with Gasteiger partial charge in [0.05, 0.1) is 58.6 Å². The van der Waals surface area contributed by atoms with E-state index in [9.17, 15) is 47.9 Å². The number of nitrogens with two attached hydrogens (primary N) is 2. The number of primary amides is 1. The number of hydrogen-bond acceptors (Lipinski definition) is 38. The minimum Gasteiger partial charge on any atom is -0.381 e. The minimum absolute atomic E-state index is 0.0155. The normalized spacial score (nSPS) is 10.5. The summed E-state index contributed by atoms with van der Waals surface area (Å²) in [6, 6.07) is -0.177. The van der Waals surface area contributed by atoms with Crippen molar-refractivity contribution in [2.45, 2.75) is 233 Å². The number of amides is 2. The van der Waals surface area contributed by atoms with Gasteiger partial charge in [0.15, 0.2) is 11.6 Å². The van der Waals surface area contributed by atoms with E-state index in [-0.39, 0.29) is 103 Å². The van der Waals surface area contributed by atoms with Crippen molar-refractivity contribution in [1.82, 2.24) is 20.9 Å². The molecule has 30 nitrogen and oxygen atoms in total. The van der Waals surface area contributed by atoms with Crippen molar-refractivity contribution in [1.29, 1.82) is 0 Å². The van der Waals surface area contributed by atoms with Crippen molar-refractivity contribution in [2.24, 2.45) is 11.5 Å². The van der Waals surface area contributed by atoms with Gasteiger partial charge in [0, 0.05) is 229 Å². The molecule has 0 bridgehead atoms. The van der Waals surface area contributed by atoms with E-state index in [1.807, 2.05) is 115 Å². The van der Waals surface area contributed by atoms with Gasteiger partial charge in [-0.15, -0.1) is 0 Å². The Morgan fingerprint density at radius 1 is 0.275 bits per heavy atom. The second-order valence-electron chi connectivity index (χ2n) is 27.4. The van der Waals surface area contributed by atoms with Crippen LogP contribution in [0.25, 0.3) is 0 Å². The third kappa shape index (κ3) is 182. The van der Waals surface area contributed by atoms with Crippen LogP contribution >= 0.6 is 108 Å². The monoisotopic (exact) mass is 2070 g/mol. The molecule has 2 amide bonds. The lowest BCUT2D eigenvalue weighted by molar-refractivity contribution is -0.137. The average Bonchev–Trinajstić information content (AvgIpc) is 0.923. The number of likely N-dealkylation sites (N-methyl/N-ethyl adjacent to an activating group) is 1. The number of carbonyl (C=O) groups excluding carboxylic acids is 10. The van der Waals surface area contributed by atoms with Gasteiger partial charge in [-0.05, 0) is 160 Å². The Bertz CT molecular complexity index is 2150. The average molecular weight is 2070 g/mol. The predicted molar refractivity (Wildman–Crippen MR) is 567 cm³/mol. The number of hydrogen-bond donors (Lipinski definition) is 5. The van der Waals surface area contributed by atoms with Gasteiger partial charge < -0.3 is 98.6 Å². The molecular weight excluding hydrogens is 1880 g/mol. The van der Waals surface area contributed by atoms with Crippen LogP contribution in [0.3, 0.4) is 0 Å². The van der Waals surface area contributed by atoms with E-state index in [1.165, 1.54) is 104 Å². The zero-order valence-corrected chi connectivity index (χ0v) is 93.2. The third-order valence-corrected chi connectivity index (χ3v) is 26.8. The highest BCUT2D eigenvalue weighted by molar-refractivity contribution is 8.77. The van der Waals surface area contributed by atoms with Crippen molar-refractivity contribution in [3.05, 3.63) is 0 Å². The van der Waals surface area contributed by atoms with Crippen LogP contribution in [0.5, 0.6) is 0 Å². The molecule has 0 radical (unpaired) electrons. The first-order valence-electron chi connectivity index (χ1n) is 46.7. The van der Waals surface area contributed by atoms with Crippen LogP contribution in [0.4, 0.5) is 0 Å². The number of ketones is 8. The zero-order valence-electron chi connectivity index (χ0n) is 85.0. The maximum Gasteiger partial charge on any atom is 0.234 e. The zero-order chi connectivity index (χ0) is 100. The molecule has 0 aliphatic heterocycles. The fourth-order valence-corrected chi connectivity index (χ4v) is 15.0. The molecule has 1 unspecified atom stereocenters. The van der Waals surface area contributed by atoms with Crippen molar-refractivity contribution < 1.29 is 114 Å². The largest absolute Gasteiger partial charge is 0.381 e. The summed E-state index contributed by atoms with van der Waals surface area (Å²) < 4.78 is 77.2. The summed E-state index contributed by atoms with van der Waals surface area (Å²) in [6.07, 6.45) is 12.5. The van der Waals surface area contributed by atoms with E-state index in [1.54, 1.807) is 20.9 Å². The van der Waals surface area contributed by atoms with Gasteiger partial charge in [0.1, 0.15) is 47.9 Å². The molecule has 131 heavy (non-hydrogen) atoms. The summed E-state index contributed by atoms with van der Waals surface area (Å²) in [5, 5.41) is 8.55. The van der Waals surface area contributed by atoms with Crippen LogP contribution in [0, 0.1) is 0 Å². The standard InChI is InChI=1S/C43H84O15.C9H16N2O3.C7H17N3O.C6H11NO2.C6H10O3.5C4H10S2/c1-42(44)14-38-56-36-12-34-54-32-10-30-52-28-8-26-50-24-6-22-48-20-4-18-46-16-3-17-47-19-5-21-49-23-7-25-51-27-9-29-53-31-11-33-55-35-13-37-57-40-41-58-39-15-43(2)45;1-7(12)5-11(6-8(2)13)9(14)3-4-10;1-9-5-3-4-6(10-2)7(8)11;1-5(8)3-7-4-6(2)9;1-5(7)3-9-4-6(2)8;5*1-3-5-6-4-2/h3-41H2,1-2H3;3-6,10H2,1-2H3;6,9-10H,3-5H2,1-2H3,(H2,8,11);7H,3-4H2,1-2H3;3-4H2,1-2H3;5*3-4H2,1-2H3. The highest BCUT2D eigenvalue weighted by Crippen LogP contribution is 2.21. The van der Waals surface area contributed by atoms with Crippen molar-refractivity contribution in [2.75, 3.05) is 296 Å². The molecule has 0 heterocycles. The minimum atomic E-state index is -0.274. The van der Waals surface area contributed by atoms with Gasteiger partial charge >= 0.3 is 0 Å². The first-order valence-corrected chi connectivity index (χ1v) is 59.1. The number of nitrogens with one attached hydrogen (secondary N) is 3. The van der Waals surface area contributed by atoms with Crippen LogP contribution < -0.4 is 27.4 Å². The smallest absolute Gasteiger partial charge is 0.234 e. The molecule has 0 aliphatic rings. The molecule has 0 fully saturated rings. The Hall–Kier alpha value is -0.920. The summed E-state index contributed by atoms with van der Waals surface area (Å²) in [5.74, 6) is 11.8. The highest BCUT2D eigenvalue weighted by Gasteiger charge is 2.16. The quantitative estimate of drug-likeness (QED) is 0.0279. The molecule has 0 aromatic rings. The Morgan fingerprint density at radius 3 is 0.656 bits per heavy atom. The number of ether oxygens (including phenoxy) is 14. The summed E-state index contributed by atoms with van der Waals surface area (Å²) >= 11 is 0. The van der Waals surface area contributed by atoms with Crippen molar-refractivity contribution in [3.63, 3.8) is 0 Å². The molecule has 0 spiro atoms. The Kier molecular flexibility index (Phi) is 163. The lowest BCUT2D eigenvalue weighted by Crippen LogP contribution is -2.39. The topological polar surface area (TPSA) is 391 Å². The molecule has 0 aromatic heterocycles. The van der Waals surface area contributed by atoms with E-state index in [0.717, 1.165) is 90.0 Å². The fourth-order valence-electron chi connectivity index (χ4n) is 8.32. The number of carbonyl (C=O) groups is 10. The Balaban J connectivity index is -0.000000198. The summed E-state index contributed by atoms with van der Waals surface area (Å²) in [4.78, 5) is 107. The molecule has 0 aromatic carbocycles. The fraction of sp³-hybridized carbons (Fsp3) is 0.890. The van der Waals surface area contributed by atoms with Gasteiger partial charge in [0.2, 0.25) is 11.8 Å². The maximum atomic E-state index is 11.4. The van der Waals surface area contributed by atoms with Crippen LogP contribution in [0.2, 0.25) is 0 Å². The van der Waals surface area contributed by atoms with E-state index in [2.05, 4.69) is 89.9 Å². The summed E-state index contributed by atoms with van der Waals surface area (Å²) in [6.45, 7) is 52.4. The second kappa shape index (κ2) is 142. The lowest BCUT2D eigenvalue weighted by Gasteiger charge is -2.19. The molecule has 1 atom stereocenters. The van der Waals surface area contributed by atoms with E-state index in [4.69, 9.17) is 73.0 Å². The molecule has 40 heteroatoms. The molecule has 0 saturated heterocycles. The first kappa shape index (κ1) is 150. The third-order valence-electron chi connectivity index (χ3n) is 14.0. The summed E-state index contributed by atoms with van der Waals surface area (Å²) in [5.41, 5.74) is 10.3. The predicted octanol–water partition coefficient (Wildman–Crippen LogP) is 15.8. The van der Waals surface area contributed by atoms with Gasteiger partial charge in [-0.1, -0.05) is 177 Å². The van der Waals surface area contributed by atoms with Crippen LogP contribution in [-0.4, -0.2) is 365 Å². The van der Waals surface area contributed by atoms with Crippen LogP contribution in [0.15, 0.2) is 0 Å². The number of rotatable bonds is 88. The second-order valence-corrected chi connectivity index (χ2v) is 42.6. The van der Waals surface area contributed by atoms with Crippen LogP contribution in [-0.2, 0) is 114 Å². The lowest BCUT2D eigenvalue weighted by atomic mass is 10.1. The van der Waals surface area contributed by atoms with E-state index >= 15 is 0 Å². The SMILES string of the molecule is CC(=O)CCOCCCOCCCOCCCOCCCOCCCOCCCOCCCOCCCOCCCOCCCOCCCOCCOCCC(C)=O.CC(=O)CN(CC(C)=O)C(=O)CCN.CC(=O)CNCC(C)=O.CC(=O)COCC(C)=O.CCSSCC.CCSSCC.CCSSCC.CCSSCC.CCSSCC.CNCCCC(NC)C(N)=O. The maximum absolute atomic E-state index is 11.4. The molecule has 0 aliphatic carbocycles. The van der Waals surface area contributed by atoms with E-state index in [0.29, 0.717) is 198 Å². The van der Waals surface area contributed by atoms with Crippen molar-refractivity contribution >= 4 is 166 Å².